The van der Waals surface area contributed by atoms with Crippen molar-refractivity contribution in [3.63, 3.8) is 0 Å². The van der Waals surface area contributed by atoms with Gasteiger partial charge in [-0.15, -0.1) is 0 Å². The maximum atomic E-state index is 9.16. The Morgan fingerprint density at radius 1 is 1.50 bits per heavy atom. The normalized spacial score (nSPS) is 14.9. The van der Waals surface area contributed by atoms with E-state index in [4.69, 9.17) is 16.7 Å². The van der Waals surface area contributed by atoms with Crippen LogP contribution < -0.4 is 5.32 Å². The zero-order valence-corrected chi connectivity index (χ0v) is 9.04. The van der Waals surface area contributed by atoms with Crippen molar-refractivity contribution in [2.45, 2.75) is 25.8 Å². The lowest BCUT2D eigenvalue weighted by Crippen LogP contribution is -2.38. The van der Waals surface area contributed by atoms with E-state index in [1.807, 2.05) is 13.8 Å². The molecule has 0 spiro atoms. The van der Waals surface area contributed by atoms with Gasteiger partial charge in [0.15, 0.2) is 0 Å². The standard InChI is InChI=1S/C9H14ClN3O/c1-3-9(2,6-14)13-8-11-4-7(10)5-12-8/h4-5,14H,3,6H2,1-2H3,(H,11,12,13)/t9-/m1/s1. The molecule has 14 heavy (non-hydrogen) atoms. The van der Waals surface area contributed by atoms with Gasteiger partial charge in [0, 0.05) is 0 Å². The Balaban J connectivity index is 2.72. The summed E-state index contributed by atoms with van der Waals surface area (Å²) in [6.45, 7) is 3.93. The van der Waals surface area contributed by atoms with Crippen molar-refractivity contribution >= 4 is 17.5 Å². The molecule has 0 aliphatic heterocycles. The van der Waals surface area contributed by atoms with Gasteiger partial charge in [-0.05, 0) is 13.3 Å². The number of rotatable bonds is 4. The maximum Gasteiger partial charge on any atom is 0.223 e. The van der Waals surface area contributed by atoms with Gasteiger partial charge in [-0.2, -0.15) is 0 Å². The third-order valence-corrected chi connectivity index (χ3v) is 2.36. The number of hydrogen-bond acceptors (Lipinski definition) is 4. The SMILES string of the molecule is CC[C@](C)(CO)Nc1ncc(Cl)cn1. The first kappa shape index (κ1) is 11.2. The molecule has 1 aromatic heterocycles. The Morgan fingerprint density at radius 2 is 2.07 bits per heavy atom. The second-order valence-electron chi connectivity index (χ2n) is 3.42. The Kier molecular flexibility index (Phi) is 3.66. The summed E-state index contributed by atoms with van der Waals surface area (Å²) in [6, 6.07) is 0. The molecule has 0 saturated carbocycles. The summed E-state index contributed by atoms with van der Waals surface area (Å²) in [4.78, 5) is 7.99. The van der Waals surface area contributed by atoms with Crippen LogP contribution in [0.3, 0.4) is 0 Å². The highest BCUT2D eigenvalue weighted by molar-refractivity contribution is 6.30. The van der Waals surface area contributed by atoms with Crippen LogP contribution in [0.5, 0.6) is 0 Å². The predicted octanol–water partition coefficient (Wildman–Crippen LogP) is 1.70. The monoisotopic (exact) mass is 215 g/mol. The predicted molar refractivity (Wildman–Crippen MR) is 56.4 cm³/mol. The minimum Gasteiger partial charge on any atom is -0.394 e. The molecule has 78 valence electrons. The third kappa shape index (κ3) is 2.82. The van der Waals surface area contributed by atoms with Crippen molar-refractivity contribution in [2.24, 2.45) is 0 Å². The minimum absolute atomic E-state index is 0.0372. The van der Waals surface area contributed by atoms with Crippen molar-refractivity contribution in [1.29, 1.82) is 0 Å². The molecular formula is C9H14ClN3O. The topological polar surface area (TPSA) is 58.0 Å². The summed E-state index contributed by atoms with van der Waals surface area (Å²) in [5, 5.41) is 12.7. The molecule has 0 aliphatic carbocycles. The van der Waals surface area contributed by atoms with Gasteiger partial charge in [0.25, 0.3) is 0 Å². The molecule has 1 heterocycles. The van der Waals surface area contributed by atoms with Crippen LogP contribution in [-0.4, -0.2) is 27.2 Å². The molecular weight excluding hydrogens is 202 g/mol. The fourth-order valence-electron chi connectivity index (χ4n) is 0.886. The molecule has 0 fully saturated rings. The van der Waals surface area contributed by atoms with Gasteiger partial charge < -0.3 is 10.4 Å². The Bertz CT molecular complexity index is 285. The van der Waals surface area contributed by atoms with Crippen LogP contribution in [0.1, 0.15) is 20.3 Å². The fraction of sp³-hybridized carbons (Fsp3) is 0.556. The first-order valence-corrected chi connectivity index (χ1v) is 4.84. The van der Waals surface area contributed by atoms with Crippen LogP contribution in [0.4, 0.5) is 5.95 Å². The molecule has 0 saturated heterocycles. The van der Waals surface area contributed by atoms with Gasteiger partial charge in [-0.1, -0.05) is 18.5 Å². The highest BCUT2D eigenvalue weighted by atomic mass is 35.5. The second-order valence-corrected chi connectivity index (χ2v) is 3.86. The van der Waals surface area contributed by atoms with Crippen molar-refractivity contribution in [3.8, 4) is 0 Å². The van der Waals surface area contributed by atoms with Crippen LogP contribution in [0.2, 0.25) is 5.02 Å². The van der Waals surface area contributed by atoms with Crippen LogP contribution >= 0.6 is 11.6 Å². The van der Waals surface area contributed by atoms with E-state index >= 15 is 0 Å². The summed E-state index contributed by atoms with van der Waals surface area (Å²) in [6.07, 6.45) is 3.82. The second kappa shape index (κ2) is 4.57. The van der Waals surface area contributed by atoms with Crippen LogP contribution in [0, 0.1) is 0 Å². The van der Waals surface area contributed by atoms with Crippen molar-refractivity contribution in [3.05, 3.63) is 17.4 Å². The quantitative estimate of drug-likeness (QED) is 0.803. The number of anilines is 1. The van der Waals surface area contributed by atoms with Gasteiger partial charge in [-0.3, -0.25) is 0 Å². The molecule has 0 aliphatic rings. The average Bonchev–Trinajstić information content (AvgIpc) is 2.21. The largest absolute Gasteiger partial charge is 0.394 e. The van der Waals surface area contributed by atoms with E-state index in [-0.39, 0.29) is 12.1 Å². The summed E-state index contributed by atoms with van der Waals surface area (Å²) in [5.41, 5.74) is -0.381. The highest BCUT2D eigenvalue weighted by Crippen LogP contribution is 2.15. The molecule has 0 bridgehead atoms. The van der Waals surface area contributed by atoms with Crippen molar-refractivity contribution < 1.29 is 5.11 Å². The number of hydrogen-bond donors (Lipinski definition) is 2. The lowest BCUT2D eigenvalue weighted by molar-refractivity contribution is 0.218. The third-order valence-electron chi connectivity index (χ3n) is 2.16. The number of aliphatic hydroxyl groups is 1. The van der Waals surface area contributed by atoms with Crippen molar-refractivity contribution in [2.75, 3.05) is 11.9 Å². The van der Waals surface area contributed by atoms with Crippen LogP contribution in [0.25, 0.3) is 0 Å². The van der Waals surface area contributed by atoms with Crippen LogP contribution in [-0.2, 0) is 0 Å². The van der Waals surface area contributed by atoms with Gasteiger partial charge in [0.05, 0.1) is 29.6 Å². The first-order valence-electron chi connectivity index (χ1n) is 4.46. The van der Waals surface area contributed by atoms with E-state index < -0.39 is 0 Å². The van der Waals surface area contributed by atoms with Gasteiger partial charge in [0.1, 0.15) is 0 Å². The lowest BCUT2D eigenvalue weighted by atomic mass is 10.0. The van der Waals surface area contributed by atoms with E-state index in [2.05, 4.69) is 15.3 Å². The van der Waals surface area contributed by atoms with Gasteiger partial charge in [0.2, 0.25) is 5.95 Å². The number of nitrogens with zero attached hydrogens (tertiary/aromatic N) is 2. The molecule has 0 aromatic carbocycles. The first-order chi connectivity index (χ1) is 6.59. The Labute approximate surface area is 88.3 Å². The lowest BCUT2D eigenvalue weighted by Gasteiger charge is -2.26. The molecule has 0 radical (unpaired) electrons. The number of halogens is 1. The van der Waals surface area contributed by atoms with Crippen LogP contribution in [0.15, 0.2) is 12.4 Å². The number of aliphatic hydroxyl groups excluding tert-OH is 1. The average molecular weight is 216 g/mol. The summed E-state index contributed by atoms with van der Waals surface area (Å²) in [7, 11) is 0. The molecule has 2 N–H and O–H groups in total. The Morgan fingerprint density at radius 3 is 2.50 bits per heavy atom. The smallest absolute Gasteiger partial charge is 0.223 e. The zero-order chi connectivity index (χ0) is 10.6. The van der Waals surface area contributed by atoms with Crippen molar-refractivity contribution in [1.82, 2.24) is 9.97 Å². The van der Waals surface area contributed by atoms with E-state index in [9.17, 15) is 0 Å². The summed E-state index contributed by atoms with van der Waals surface area (Å²) < 4.78 is 0. The molecule has 1 atom stereocenters. The van der Waals surface area contributed by atoms with E-state index in [0.717, 1.165) is 6.42 Å². The number of nitrogens with one attached hydrogen (secondary N) is 1. The van der Waals surface area contributed by atoms with E-state index in [1.165, 1.54) is 12.4 Å². The minimum atomic E-state index is -0.381. The number of aromatic nitrogens is 2. The summed E-state index contributed by atoms with van der Waals surface area (Å²) in [5.74, 6) is 0.479. The Hall–Kier alpha value is -0.870. The molecule has 1 rings (SSSR count). The van der Waals surface area contributed by atoms with Gasteiger partial charge >= 0.3 is 0 Å². The molecule has 0 unspecified atom stereocenters. The summed E-state index contributed by atoms with van der Waals surface area (Å²) >= 11 is 5.65. The van der Waals surface area contributed by atoms with E-state index in [0.29, 0.717) is 11.0 Å². The fourth-order valence-corrected chi connectivity index (χ4v) is 0.984. The highest BCUT2D eigenvalue weighted by Gasteiger charge is 2.21. The molecule has 4 nitrogen and oxygen atoms in total. The molecule has 1 aromatic rings. The maximum absolute atomic E-state index is 9.16. The van der Waals surface area contributed by atoms with Gasteiger partial charge in [-0.25, -0.2) is 9.97 Å². The zero-order valence-electron chi connectivity index (χ0n) is 8.29. The van der Waals surface area contributed by atoms with E-state index in [1.54, 1.807) is 0 Å². The molecule has 5 heteroatoms. The molecule has 0 amide bonds.